The number of halogens is 2. The van der Waals surface area contributed by atoms with E-state index < -0.39 is 5.91 Å². The van der Waals surface area contributed by atoms with E-state index in [9.17, 15) is 9.59 Å². The third-order valence-corrected chi connectivity index (χ3v) is 5.05. The van der Waals surface area contributed by atoms with E-state index in [0.29, 0.717) is 16.4 Å². The first-order chi connectivity index (χ1) is 14.6. The van der Waals surface area contributed by atoms with Gasteiger partial charge in [0.15, 0.2) is 0 Å². The molecule has 0 bridgehead atoms. The molecule has 0 aliphatic carbocycles. The summed E-state index contributed by atoms with van der Waals surface area (Å²) in [5, 5.41) is 9.85. The number of hydrogen-bond donors (Lipinski definition) is 2. The van der Waals surface area contributed by atoms with Crippen LogP contribution in [-0.4, -0.2) is 35.0 Å². The van der Waals surface area contributed by atoms with Crippen molar-refractivity contribution in [3.05, 3.63) is 69.5 Å². The third-order valence-electron chi connectivity index (χ3n) is 4.50. The second kappa shape index (κ2) is 9.49. The highest BCUT2D eigenvalue weighted by Gasteiger charge is 2.18. The van der Waals surface area contributed by atoms with E-state index in [0.717, 1.165) is 5.56 Å². The minimum Gasteiger partial charge on any atom is -0.350 e. The predicted octanol–water partition coefficient (Wildman–Crippen LogP) is 4.50. The van der Waals surface area contributed by atoms with Crippen LogP contribution in [0.3, 0.4) is 0 Å². The average molecular weight is 461 g/mol. The Kier molecular flexibility index (Phi) is 6.97. The number of nitrogens with one attached hydrogen (secondary N) is 2. The molecule has 0 aliphatic rings. The van der Waals surface area contributed by atoms with Gasteiger partial charge in [-0.05, 0) is 29.2 Å². The lowest BCUT2D eigenvalue weighted by atomic mass is 9.87. The fraction of sp³-hybridized carbons (Fsp3) is 0.273. The van der Waals surface area contributed by atoms with E-state index in [1.165, 1.54) is 17.7 Å². The average Bonchev–Trinajstić information content (AvgIpc) is 3.21. The predicted molar refractivity (Wildman–Crippen MR) is 120 cm³/mol. The highest BCUT2D eigenvalue weighted by molar-refractivity contribution is 6.36. The number of aromatic nitrogens is 2. The van der Waals surface area contributed by atoms with Gasteiger partial charge in [-0.15, -0.1) is 0 Å². The minimum absolute atomic E-state index is 0.0368. The molecule has 0 fully saturated rings. The zero-order valence-corrected chi connectivity index (χ0v) is 18.8. The summed E-state index contributed by atoms with van der Waals surface area (Å²) in [5.41, 5.74) is 2.27. The van der Waals surface area contributed by atoms with Crippen molar-refractivity contribution < 1.29 is 14.1 Å². The number of carbonyl (C=O) groups is 2. The van der Waals surface area contributed by atoms with Gasteiger partial charge in [-0.3, -0.25) is 9.59 Å². The van der Waals surface area contributed by atoms with Crippen molar-refractivity contribution in [1.82, 2.24) is 20.8 Å². The van der Waals surface area contributed by atoms with Gasteiger partial charge < -0.3 is 15.2 Å². The third kappa shape index (κ3) is 5.83. The molecule has 3 rings (SSSR count). The Balaban J connectivity index is 1.51. The van der Waals surface area contributed by atoms with Gasteiger partial charge in [0.25, 0.3) is 5.91 Å². The fourth-order valence-corrected chi connectivity index (χ4v) is 3.24. The summed E-state index contributed by atoms with van der Waals surface area (Å²) < 4.78 is 5.06. The molecule has 9 heteroatoms. The lowest BCUT2D eigenvalue weighted by molar-refractivity contribution is 0.0898. The van der Waals surface area contributed by atoms with Crippen molar-refractivity contribution in [2.45, 2.75) is 26.2 Å². The Labute approximate surface area is 190 Å². The highest BCUT2D eigenvalue weighted by Crippen LogP contribution is 2.25. The van der Waals surface area contributed by atoms with Crippen LogP contribution >= 0.6 is 23.2 Å². The lowest BCUT2D eigenvalue weighted by Crippen LogP contribution is -2.34. The van der Waals surface area contributed by atoms with Crippen LogP contribution in [0.4, 0.5) is 0 Å². The summed E-state index contributed by atoms with van der Waals surface area (Å²) in [6.07, 6.45) is 0. The Morgan fingerprint density at radius 1 is 0.968 bits per heavy atom. The molecule has 2 N–H and O–H groups in total. The molecule has 2 aromatic carbocycles. The van der Waals surface area contributed by atoms with Gasteiger partial charge in [0.2, 0.25) is 5.82 Å². The number of benzene rings is 2. The summed E-state index contributed by atoms with van der Waals surface area (Å²) in [5.74, 6) is -0.711. The van der Waals surface area contributed by atoms with Crippen molar-refractivity contribution in [3.8, 4) is 11.4 Å². The van der Waals surface area contributed by atoms with Gasteiger partial charge in [0.1, 0.15) is 0 Å². The number of hydrogen-bond acceptors (Lipinski definition) is 5. The number of carbonyl (C=O) groups excluding carboxylic acids is 2. The molecular formula is C22H22Cl2N4O3. The van der Waals surface area contributed by atoms with E-state index in [2.05, 4.69) is 41.5 Å². The van der Waals surface area contributed by atoms with Crippen LogP contribution in [-0.2, 0) is 5.41 Å². The molecule has 0 saturated carbocycles. The van der Waals surface area contributed by atoms with Gasteiger partial charge >= 0.3 is 11.8 Å². The first-order valence-electron chi connectivity index (χ1n) is 9.61. The van der Waals surface area contributed by atoms with Crippen LogP contribution in [0.15, 0.2) is 47.0 Å². The Hall–Kier alpha value is -2.90. The maximum absolute atomic E-state index is 12.2. The van der Waals surface area contributed by atoms with E-state index in [1.54, 1.807) is 6.07 Å². The number of amides is 2. The van der Waals surface area contributed by atoms with E-state index in [4.69, 9.17) is 27.7 Å². The molecule has 0 saturated heterocycles. The second-order valence-electron chi connectivity index (χ2n) is 7.89. The summed E-state index contributed by atoms with van der Waals surface area (Å²) in [4.78, 5) is 28.5. The zero-order valence-electron chi connectivity index (χ0n) is 17.3. The smallest absolute Gasteiger partial charge is 0.316 e. The molecule has 2 amide bonds. The van der Waals surface area contributed by atoms with E-state index in [1.807, 2.05) is 24.3 Å². The Bertz CT molecular complexity index is 1090. The van der Waals surface area contributed by atoms with Gasteiger partial charge in [0.05, 0.1) is 10.6 Å². The topological polar surface area (TPSA) is 97.1 Å². The standard InChI is InChI=1S/C22H22Cl2N4O3/c1-22(2,3)14-6-4-13(5-7-14)18-27-21(31-28-18)20(30)26-11-10-25-19(29)16-9-8-15(23)12-17(16)24/h4-9,12H,10-11H2,1-3H3,(H,25,29)(H,26,30). The van der Waals surface area contributed by atoms with Gasteiger partial charge in [-0.25, -0.2) is 0 Å². The van der Waals surface area contributed by atoms with Crippen molar-refractivity contribution in [1.29, 1.82) is 0 Å². The highest BCUT2D eigenvalue weighted by atomic mass is 35.5. The minimum atomic E-state index is -0.524. The van der Waals surface area contributed by atoms with Gasteiger partial charge in [-0.1, -0.05) is 73.4 Å². The lowest BCUT2D eigenvalue weighted by Gasteiger charge is -2.18. The molecule has 7 nitrogen and oxygen atoms in total. The van der Waals surface area contributed by atoms with Crippen LogP contribution < -0.4 is 10.6 Å². The maximum Gasteiger partial charge on any atom is 0.316 e. The van der Waals surface area contributed by atoms with Crippen molar-refractivity contribution in [2.24, 2.45) is 0 Å². The summed E-state index contributed by atoms with van der Waals surface area (Å²) in [6.45, 7) is 6.76. The van der Waals surface area contributed by atoms with Gasteiger partial charge in [-0.2, -0.15) is 4.98 Å². The molecule has 1 heterocycles. The van der Waals surface area contributed by atoms with Crippen LogP contribution in [0.2, 0.25) is 10.0 Å². The first kappa shape index (κ1) is 22.8. The zero-order chi connectivity index (χ0) is 22.6. The Morgan fingerprint density at radius 2 is 1.61 bits per heavy atom. The van der Waals surface area contributed by atoms with Crippen molar-refractivity contribution >= 4 is 35.0 Å². The summed E-state index contributed by atoms with van der Waals surface area (Å²) >= 11 is 11.8. The van der Waals surface area contributed by atoms with Crippen LogP contribution in [0.25, 0.3) is 11.4 Å². The largest absolute Gasteiger partial charge is 0.350 e. The Morgan fingerprint density at radius 3 is 2.23 bits per heavy atom. The molecule has 3 aromatic rings. The molecular weight excluding hydrogens is 439 g/mol. The monoisotopic (exact) mass is 460 g/mol. The summed E-state index contributed by atoms with van der Waals surface area (Å²) in [6, 6.07) is 12.4. The molecule has 1 aromatic heterocycles. The molecule has 0 unspecified atom stereocenters. The fourth-order valence-electron chi connectivity index (χ4n) is 2.75. The molecule has 0 atom stereocenters. The number of rotatable bonds is 6. The van der Waals surface area contributed by atoms with Gasteiger partial charge in [0, 0.05) is 23.7 Å². The summed E-state index contributed by atoms with van der Waals surface area (Å²) in [7, 11) is 0. The molecule has 162 valence electrons. The molecule has 0 aliphatic heterocycles. The SMILES string of the molecule is CC(C)(C)c1ccc(-c2noc(C(=O)NCCNC(=O)c3ccc(Cl)cc3Cl)n2)cc1. The first-order valence-corrected chi connectivity index (χ1v) is 10.4. The van der Waals surface area contributed by atoms with Crippen LogP contribution in [0.5, 0.6) is 0 Å². The molecule has 31 heavy (non-hydrogen) atoms. The molecule has 0 radical (unpaired) electrons. The van der Waals surface area contributed by atoms with Crippen molar-refractivity contribution in [3.63, 3.8) is 0 Å². The van der Waals surface area contributed by atoms with Crippen LogP contribution in [0.1, 0.15) is 47.4 Å². The quantitative estimate of drug-likeness (QED) is 0.527. The van der Waals surface area contributed by atoms with Crippen LogP contribution in [0, 0.1) is 0 Å². The molecule has 0 spiro atoms. The normalized spacial score (nSPS) is 11.3. The van der Waals surface area contributed by atoms with E-state index in [-0.39, 0.29) is 35.3 Å². The van der Waals surface area contributed by atoms with Crippen molar-refractivity contribution in [2.75, 3.05) is 13.1 Å². The van der Waals surface area contributed by atoms with E-state index >= 15 is 0 Å². The second-order valence-corrected chi connectivity index (χ2v) is 8.73. The maximum atomic E-state index is 12.2. The number of nitrogens with zero attached hydrogens (tertiary/aromatic N) is 2.